The Labute approximate surface area is 62.6 Å². The smallest absolute Gasteiger partial charge is 0.0471 e. The fourth-order valence-corrected chi connectivity index (χ4v) is 1.49. The van der Waals surface area contributed by atoms with E-state index < -0.39 is 0 Å². The Morgan fingerprint density at radius 1 is 1.60 bits per heavy atom. The van der Waals surface area contributed by atoms with Gasteiger partial charge in [0.25, 0.3) is 0 Å². The molecule has 0 bridgehead atoms. The number of aliphatic hydroxyl groups excluding tert-OH is 1. The highest BCUT2D eigenvalue weighted by Crippen LogP contribution is 2.13. The van der Waals surface area contributed by atoms with E-state index >= 15 is 0 Å². The summed E-state index contributed by atoms with van der Waals surface area (Å²) in [4.78, 5) is 0. The van der Waals surface area contributed by atoms with Crippen molar-refractivity contribution in [2.45, 2.75) is 32.2 Å². The molecule has 1 rings (SSSR count). The number of nitrogens with one attached hydrogen (secondary N) is 1. The maximum atomic E-state index is 8.85. The molecule has 1 heterocycles. The van der Waals surface area contributed by atoms with E-state index in [1.165, 1.54) is 19.3 Å². The van der Waals surface area contributed by atoms with Crippen LogP contribution in [-0.4, -0.2) is 24.3 Å². The van der Waals surface area contributed by atoms with Crippen LogP contribution in [0.25, 0.3) is 0 Å². The second kappa shape index (κ2) is 3.94. The summed E-state index contributed by atoms with van der Waals surface area (Å²) in [5, 5.41) is 12.3. The molecule has 0 saturated carbocycles. The first-order valence-corrected chi connectivity index (χ1v) is 4.19. The van der Waals surface area contributed by atoms with E-state index in [2.05, 4.69) is 12.2 Å². The minimum Gasteiger partial charge on any atom is -0.396 e. The van der Waals surface area contributed by atoms with E-state index in [0.29, 0.717) is 18.6 Å². The average molecular weight is 143 g/mol. The predicted octanol–water partition coefficient (Wildman–Crippen LogP) is 0.757. The largest absolute Gasteiger partial charge is 0.396 e. The Hall–Kier alpha value is -0.0800. The van der Waals surface area contributed by atoms with Crippen LogP contribution in [0.4, 0.5) is 0 Å². The molecule has 0 amide bonds. The van der Waals surface area contributed by atoms with Crippen molar-refractivity contribution in [3.05, 3.63) is 0 Å². The summed E-state index contributed by atoms with van der Waals surface area (Å²) in [5.41, 5.74) is 0. The zero-order valence-electron chi connectivity index (χ0n) is 6.64. The van der Waals surface area contributed by atoms with Crippen molar-refractivity contribution >= 4 is 0 Å². The van der Waals surface area contributed by atoms with Gasteiger partial charge in [0, 0.05) is 12.6 Å². The van der Waals surface area contributed by atoms with Gasteiger partial charge in [0.1, 0.15) is 0 Å². The average Bonchev–Trinajstić information content (AvgIpc) is 2.05. The Morgan fingerprint density at radius 3 is 2.90 bits per heavy atom. The minimum atomic E-state index is 0.317. The van der Waals surface area contributed by atoms with Gasteiger partial charge in [-0.25, -0.2) is 0 Å². The molecule has 2 heteroatoms. The fourth-order valence-electron chi connectivity index (χ4n) is 1.49. The summed E-state index contributed by atoms with van der Waals surface area (Å²) in [5.74, 6) is 0.431. The first-order valence-electron chi connectivity index (χ1n) is 4.19. The summed E-state index contributed by atoms with van der Waals surface area (Å²) in [6.07, 6.45) is 3.86. The van der Waals surface area contributed by atoms with Gasteiger partial charge in [-0.05, 0) is 25.3 Å². The van der Waals surface area contributed by atoms with Gasteiger partial charge in [-0.1, -0.05) is 13.3 Å². The summed E-state index contributed by atoms with van der Waals surface area (Å²) >= 11 is 0. The molecule has 2 atom stereocenters. The van der Waals surface area contributed by atoms with E-state index in [1.54, 1.807) is 0 Å². The Kier molecular flexibility index (Phi) is 3.16. The summed E-state index contributed by atoms with van der Waals surface area (Å²) in [6.45, 7) is 3.55. The monoisotopic (exact) mass is 143 g/mol. The van der Waals surface area contributed by atoms with Gasteiger partial charge in [0.2, 0.25) is 0 Å². The molecule has 2 nitrogen and oxygen atoms in total. The zero-order chi connectivity index (χ0) is 7.40. The zero-order valence-corrected chi connectivity index (χ0v) is 6.64. The molecule has 1 aliphatic heterocycles. The quantitative estimate of drug-likeness (QED) is 0.598. The fraction of sp³-hybridized carbons (Fsp3) is 1.00. The van der Waals surface area contributed by atoms with Crippen molar-refractivity contribution < 1.29 is 5.11 Å². The van der Waals surface area contributed by atoms with Crippen LogP contribution in [0.3, 0.4) is 0 Å². The van der Waals surface area contributed by atoms with Gasteiger partial charge in [-0.2, -0.15) is 0 Å². The summed E-state index contributed by atoms with van der Waals surface area (Å²) in [6, 6.07) is 0.568. The van der Waals surface area contributed by atoms with Gasteiger partial charge in [0.15, 0.2) is 0 Å². The standard InChI is InChI=1S/C8H17NO/c1-7(6-10)8-4-2-3-5-9-8/h7-10H,2-6H2,1H3/t7-,8+/m0/s1. The third kappa shape index (κ3) is 1.96. The van der Waals surface area contributed by atoms with Gasteiger partial charge >= 0.3 is 0 Å². The lowest BCUT2D eigenvalue weighted by atomic mass is 9.94. The lowest BCUT2D eigenvalue weighted by Crippen LogP contribution is -2.40. The molecule has 1 fully saturated rings. The molecule has 0 aliphatic carbocycles. The summed E-state index contributed by atoms with van der Waals surface area (Å²) < 4.78 is 0. The Balaban J connectivity index is 2.24. The Morgan fingerprint density at radius 2 is 2.40 bits per heavy atom. The highest BCUT2D eigenvalue weighted by atomic mass is 16.3. The van der Waals surface area contributed by atoms with Crippen molar-refractivity contribution in [2.75, 3.05) is 13.2 Å². The molecule has 0 unspecified atom stereocenters. The molecule has 0 aromatic heterocycles. The van der Waals surface area contributed by atoms with Crippen LogP contribution >= 0.6 is 0 Å². The first-order chi connectivity index (χ1) is 4.84. The molecular formula is C8H17NO. The maximum absolute atomic E-state index is 8.85. The van der Waals surface area contributed by atoms with Gasteiger partial charge in [-0.15, -0.1) is 0 Å². The van der Waals surface area contributed by atoms with E-state index in [9.17, 15) is 0 Å². The van der Waals surface area contributed by atoms with Crippen molar-refractivity contribution in [1.29, 1.82) is 0 Å². The van der Waals surface area contributed by atoms with Gasteiger partial charge in [-0.3, -0.25) is 0 Å². The van der Waals surface area contributed by atoms with Crippen LogP contribution in [0, 0.1) is 5.92 Å². The second-order valence-corrected chi connectivity index (χ2v) is 3.22. The molecule has 0 spiro atoms. The molecule has 10 heavy (non-hydrogen) atoms. The molecule has 2 N–H and O–H groups in total. The van der Waals surface area contributed by atoms with E-state index in [0.717, 1.165) is 6.54 Å². The van der Waals surface area contributed by atoms with Crippen molar-refractivity contribution in [2.24, 2.45) is 5.92 Å². The van der Waals surface area contributed by atoms with Crippen LogP contribution < -0.4 is 5.32 Å². The number of hydrogen-bond acceptors (Lipinski definition) is 2. The van der Waals surface area contributed by atoms with Crippen LogP contribution in [0.15, 0.2) is 0 Å². The number of rotatable bonds is 2. The van der Waals surface area contributed by atoms with Crippen LogP contribution in [0.5, 0.6) is 0 Å². The van der Waals surface area contributed by atoms with E-state index in [-0.39, 0.29) is 0 Å². The predicted molar refractivity (Wildman–Crippen MR) is 41.9 cm³/mol. The topological polar surface area (TPSA) is 32.3 Å². The van der Waals surface area contributed by atoms with Crippen molar-refractivity contribution in [3.8, 4) is 0 Å². The van der Waals surface area contributed by atoms with Gasteiger partial charge in [0.05, 0.1) is 0 Å². The molecule has 0 radical (unpaired) electrons. The van der Waals surface area contributed by atoms with E-state index in [1.807, 2.05) is 0 Å². The second-order valence-electron chi connectivity index (χ2n) is 3.22. The number of piperidine rings is 1. The van der Waals surface area contributed by atoms with Crippen LogP contribution in [0.2, 0.25) is 0 Å². The summed E-state index contributed by atoms with van der Waals surface area (Å²) in [7, 11) is 0. The third-order valence-electron chi connectivity index (χ3n) is 2.32. The third-order valence-corrected chi connectivity index (χ3v) is 2.32. The van der Waals surface area contributed by atoms with Crippen molar-refractivity contribution in [1.82, 2.24) is 5.32 Å². The first kappa shape index (κ1) is 8.02. The molecule has 0 aromatic carbocycles. The Bertz CT molecular complexity index is 89.3. The highest BCUT2D eigenvalue weighted by Gasteiger charge is 2.17. The molecule has 1 aliphatic rings. The molecule has 60 valence electrons. The maximum Gasteiger partial charge on any atom is 0.0471 e. The van der Waals surface area contributed by atoms with Gasteiger partial charge < -0.3 is 10.4 Å². The normalized spacial score (nSPS) is 30.0. The van der Waals surface area contributed by atoms with Crippen LogP contribution in [0.1, 0.15) is 26.2 Å². The number of hydrogen-bond donors (Lipinski definition) is 2. The molecular weight excluding hydrogens is 126 g/mol. The SMILES string of the molecule is C[C@@H](CO)[C@H]1CCCCN1. The molecule has 0 aromatic rings. The lowest BCUT2D eigenvalue weighted by Gasteiger charge is -2.27. The highest BCUT2D eigenvalue weighted by molar-refractivity contribution is 4.76. The van der Waals surface area contributed by atoms with E-state index in [4.69, 9.17) is 5.11 Å². The van der Waals surface area contributed by atoms with Crippen molar-refractivity contribution in [3.63, 3.8) is 0 Å². The minimum absolute atomic E-state index is 0.317. The number of aliphatic hydroxyl groups is 1. The van der Waals surface area contributed by atoms with Crippen LogP contribution in [-0.2, 0) is 0 Å². The lowest BCUT2D eigenvalue weighted by molar-refractivity contribution is 0.186. The molecule has 1 saturated heterocycles.